The van der Waals surface area contributed by atoms with Crippen molar-refractivity contribution < 1.29 is 22.4 Å². The summed E-state index contributed by atoms with van der Waals surface area (Å²) >= 11 is 0. The van der Waals surface area contributed by atoms with Crippen LogP contribution in [0.15, 0.2) is 30.3 Å². The molecule has 0 spiro atoms. The van der Waals surface area contributed by atoms with Gasteiger partial charge in [-0.25, -0.2) is 17.6 Å². The Morgan fingerprint density at radius 2 is 1.70 bits per heavy atom. The summed E-state index contributed by atoms with van der Waals surface area (Å²) in [7, 11) is 0. The number of amides is 1. The quantitative estimate of drug-likeness (QED) is 0.659. The highest BCUT2D eigenvalue weighted by Crippen LogP contribution is 2.20. The Kier molecular flexibility index (Phi) is 3.74. The van der Waals surface area contributed by atoms with Gasteiger partial charge in [0.1, 0.15) is 5.82 Å². The maximum Gasteiger partial charge on any atom is 0.258 e. The van der Waals surface area contributed by atoms with Gasteiger partial charge in [-0.2, -0.15) is 0 Å². The van der Waals surface area contributed by atoms with Crippen LogP contribution in [0.3, 0.4) is 0 Å². The van der Waals surface area contributed by atoms with Crippen molar-refractivity contribution in [2.45, 2.75) is 6.92 Å². The lowest BCUT2D eigenvalue weighted by atomic mass is 10.1. The van der Waals surface area contributed by atoms with Crippen LogP contribution in [0.2, 0.25) is 0 Å². The zero-order chi connectivity index (χ0) is 14.9. The van der Waals surface area contributed by atoms with Crippen molar-refractivity contribution in [1.29, 1.82) is 0 Å². The molecule has 0 unspecified atom stereocenters. The van der Waals surface area contributed by atoms with Crippen molar-refractivity contribution >= 4 is 11.6 Å². The first-order chi connectivity index (χ1) is 9.40. The molecule has 104 valence electrons. The summed E-state index contributed by atoms with van der Waals surface area (Å²) in [4.78, 5) is 11.8. The number of carbonyl (C=O) groups is 1. The largest absolute Gasteiger partial charge is 0.322 e. The van der Waals surface area contributed by atoms with E-state index in [1.165, 1.54) is 12.1 Å². The fourth-order valence-electron chi connectivity index (χ4n) is 1.62. The van der Waals surface area contributed by atoms with Crippen LogP contribution in [0, 0.1) is 30.2 Å². The molecule has 0 aliphatic heterocycles. The zero-order valence-electron chi connectivity index (χ0n) is 10.3. The SMILES string of the molecule is Cc1ccc(F)cc1NC(=O)c1ccc(F)c(F)c1F. The summed E-state index contributed by atoms with van der Waals surface area (Å²) in [6.07, 6.45) is 0. The van der Waals surface area contributed by atoms with E-state index < -0.39 is 34.7 Å². The molecule has 2 nitrogen and oxygen atoms in total. The normalized spacial score (nSPS) is 10.4. The van der Waals surface area contributed by atoms with Crippen LogP contribution < -0.4 is 5.32 Å². The van der Waals surface area contributed by atoms with Gasteiger partial charge in [0.25, 0.3) is 5.91 Å². The van der Waals surface area contributed by atoms with E-state index in [2.05, 4.69) is 5.32 Å². The topological polar surface area (TPSA) is 29.1 Å². The van der Waals surface area contributed by atoms with Crippen LogP contribution in [0.1, 0.15) is 15.9 Å². The number of halogens is 4. The first kappa shape index (κ1) is 14.0. The highest BCUT2D eigenvalue weighted by atomic mass is 19.2. The third-order valence-corrected chi connectivity index (χ3v) is 2.73. The summed E-state index contributed by atoms with van der Waals surface area (Å²) in [6, 6.07) is 5.13. The fraction of sp³-hybridized carbons (Fsp3) is 0.0714. The van der Waals surface area contributed by atoms with E-state index in [1.54, 1.807) is 6.92 Å². The highest BCUT2D eigenvalue weighted by Gasteiger charge is 2.19. The van der Waals surface area contributed by atoms with Gasteiger partial charge in [-0.3, -0.25) is 4.79 Å². The second kappa shape index (κ2) is 5.32. The lowest BCUT2D eigenvalue weighted by Crippen LogP contribution is -2.16. The van der Waals surface area contributed by atoms with E-state index in [9.17, 15) is 22.4 Å². The summed E-state index contributed by atoms with van der Waals surface area (Å²) in [5.74, 6) is -6.28. The van der Waals surface area contributed by atoms with Crippen molar-refractivity contribution in [2.24, 2.45) is 0 Å². The summed E-state index contributed by atoms with van der Waals surface area (Å²) in [5, 5.41) is 2.25. The van der Waals surface area contributed by atoms with Gasteiger partial charge < -0.3 is 5.32 Å². The molecular weight excluding hydrogens is 274 g/mol. The number of hydrogen-bond donors (Lipinski definition) is 1. The number of nitrogens with one attached hydrogen (secondary N) is 1. The molecule has 0 fully saturated rings. The number of carbonyl (C=O) groups excluding carboxylic acids is 1. The predicted octanol–water partition coefficient (Wildman–Crippen LogP) is 3.80. The van der Waals surface area contributed by atoms with Gasteiger partial charge in [-0.05, 0) is 36.8 Å². The third-order valence-electron chi connectivity index (χ3n) is 2.73. The average molecular weight is 283 g/mol. The number of aryl methyl sites for hydroxylation is 1. The molecule has 0 bridgehead atoms. The standard InChI is InChI=1S/C14H9F4NO/c1-7-2-3-8(15)6-11(7)19-14(20)9-4-5-10(16)13(18)12(9)17/h2-6H,1H3,(H,19,20). The lowest BCUT2D eigenvalue weighted by molar-refractivity contribution is 0.102. The van der Waals surface area contributed by atoms with E-state index in [1.807, 2.05) is 0 Å². The Balaban J connectivity index is 2.33. The minimum Gasteiger partial charge on any atom is -0.322 e. The van der Waals surface area contributed by atoms with Crippen LogP contribution in [0.25, 0.3) is 0 Å². The van der Waals surface area contributed by atoms with Gasteiger partial charge in [0, 0.05) is 5.69 Å². The average Bonchev–Trinajstić information content (AvgIpc) is 2.40. The molecule has 0 aromatic heterocycles. The van der Waals surface area contributed by atoms with Gasteiger partial charge >= 0.3 is 0 Å². The molecule has 0 heterocycles. The van der Waals surface area contributed by atoms with Gasteiger partial charge in [0.2, 0.25) is 0 Å². The minimum absolute atomic E-state index is 0.124. The highest BCUT2D eigenvalue weighted by molar-refractivity contribution is 6.04. The number of hydrogen-bond acceptors (Lipinski definition) is 1. The Bertz CT molecular complexity index is 685. The van der Waals surface area contributed by atoms with Gasteiger partial charge in [-0.1, -0.05) is 6.07 Å². The molecule has 0 saturated carbocycles. The molecule has 2 rings (SSSR count). The van der Waals surface area contributed by atoms with Gasteiger partial charge in [-0.15, -0.1) is 0 Å². The smallest absolute Gasteiger partial charge is 0.258 e. The van der Waals surface area contributed by atoms with E-state index >= 15 is 0 Å². The van der Waals surface area contributed by atoms with Crippen molar-refractivity contribution in [1.82, 2.24) is 0 Å². The maximum atomic E-state index is 13.4. The van der Waals surface area contributed by atoms with Crippen LogP contribution >= 0.6 is 0 Å². The monoisotopic (exact) mass is 283 g/mol. The molecule has 1 N–H and O–H groups in total. The molecule has 0 radical (unpaired) electrons. The minimum atomic E-state index is -1.73. The van der Waals surface area contributed by atoms with Crippen molar-refractivity contribution in [2.75, 3.05) is 5.32 Å². The fourth-order valence-corrected chi connectivity index (χ4v) is 1.62. The zero-order valence-corrected chi connectivity index (χ0v) is 10.3. The maximum absolute atomic E-state index is 13.4. The molecule has 20 heavy (non-hydrogen) atoms. The Morgan fingerprint density at radius 1 is 1.00 bits per heavy atom. The molecular formula is C14H9F4NO. The van der Waals surface area contributed by atoms with Crippen LogP contribution in [0.4, 0.5) is 23.2 Å². The number of rotatable bonds is 2. The molecule has 2 aromatic rings. The van der Waals surface area contributed by atoms with E-state index in [4.69, 9.17) is 0 Å². The Morgan fingerprint density at radius 3 is 2.40 bits per heavy atom. The van der Waals surface area contributed by atoms with E-state index in [-0.39, 0.29) is 5.69 Å². The molecule has 0 atom stereocenters. The molecule has 6 heteroatoms. The van der Waals surface area contributed by atoms with Crippen molar-refractivity contribution in [3.63, 3.8) is 0 Å². The second-order valence-corrected chi connectivity index (χ2v) is 4.14. The molecule has 0 aliphatic rings. The Hall–Kier alpha value is -2.37. The predicted molar refractivity (Wildman–Crippen MR) is 65.4 cm³/mol. The van der Waals surface area contributed by atoms with Gasteiger partial charge in [0.05, 0.1) is 5.56 Å². The second-order valence-electron chi connectivity index (χ2n) is 4.14. The molecule has 0 saturated heterocycles. The van der Waals surface area contributed by atoms with Crippen LogP contribution in [-0.2, 0) is 0 Å². The number of benzene rings is 2. The first-order valence-corrected chi connectivity index (χ1v) is 5.61. The van der Waals surface area contributed by atoms with E-state index in [0.29, 0.717) is 11.6 Å². The molecule has 0 aliphatic carbocycles. The lowest BCUT2D eigenvalue weighted by Gasteiger charge is -2.09. The Labute approximate surface area is 112 Å². The first-order valence-electron chi connectivity index (χ1n) is 5.61. The summed E-state index contributed by atoms with van der Waals surface area (Å²) in [5.41, 5.74) is 0.00874. The third kappa shape index (κ3) is 2.64. The van der Waals surface area contributed by atoms with Crippen LogP contribution in [-0.4, -0.2) is 5.91 Å². The van der Waals surface area contributed by atoms with E-state index in [0.717, 1.165) is 12.1 Å². The number of anilines is 1. The van der Waals surface area contributed by atoms with Gasteiger partial charge in [0.15, 0.2) is 17.5 Å². The molecule has 1 amide bonds. The van der Waals surface area contributed by atoms with Crippen molar-refractivity contribution in [3.05, 3.63) is 64.7 Å². The summed E-state index contributed by atoms with van der Waals surface area (Å²) < 4.78 is 52.3. The van der Waals surface area contributed by atoms with Crippen LogP contribution in [0.5, 0.6) is 0 Å². The molecule has 2 aromatic carbocycles. The van der Waals surface area contributed by atoms with Crippen molar-refractivity contribution in [3.8, 4) is 0 Å². The summed E-state index contributed by atoms with van der Waals surface area (Å²) in [6.45, 7) is 1.61.